The molecule has 12 heavy (non-hydrogen) atoms. The van der Waals surface area contributed by atoms with E-state index in [1.54, 1.807) is 12.3 Å². The molecule has 0 saturated heterocycles. The molecular formula is C8H12BNO2. The van der Waals surface area contributed by atoms with Crippen LogP contribution in [0.4, 0.5) is 0 Å². The molecule has 0 atom stereocenters. The van der Waals surface area contributed by atoms with Gasteiger partial charge in [-0.15, -0.1) is 0 Å². The molecule has 0 saturated carbocycles. The molecule has 1 heterocycles. The van der Waals surface area contributed by atoms with Gasteiger partial charge in [0.25, 0.3) is 0 Å². The lowest BCUT2D eigenvalue weighted by molar-refractivity contribution is 0.425. The number of hydrogen-bond acceptors (Lipinski definition) is 3. The molecule has 1 aromatic rings. The maximum Gasteiger partial charge on any atom is 0.490 e. The van der Waals surface area contributed by atoms with Crippen molar-refractivity contribution >= 4 is 12.6 Å². The zero-order valence-corrected chi connectivity index (χ0v) is 7.07. The first-order chi connectivity index (χ1) is 5.74. The van der Waals surface area contributed by atoms with Crippen LogP contribution in [-0.4, -0.2) is 22.2 Å². The first-order valence-corrected chi connectivity index (χ1v) is 4.04. The van der Waals surface area contributed by atoms with Crippen LogP contribution < -0.4 is 5.46 Å². The minimum Gasteiger partial charge on any atom is -0.423 e. The van der Waals surface area contributed by atoms with Gasteiger partial charge < -0.3 is 10.0 Å². The Morgan fingerprint density at radius 1 is 1.42 bits per heavy atom. The molecule has 1 rings (SSSR count). The third-order valence-corrected chi connectivity index (χ3v) is 1.65. The maximum absolute atomic E-state index is 8.83. The quantitative estimate of drug-likeness (QED) is 0.605. The second kappa shape index (κ2) is 4.23. The van der Waals surface area contributed by atoms with Crippen LogP contribution in [0.5, 0.6) is 0 Å². The molecule has 0 amide bonds. The Kier molecular flexibility index (Phi) is 3.25. The summed E-state index contributed by atoms with van der Waals surface area (Å²) in [4.78, 5) is 3.90. The van der Waals surface area contributed by atoms with Crippen molar-refractivity contribution in [1.82, 2.24) is 4.98 Å². The van der Waals surface area contributed by atoms with E-state index in [-0.39, 0.29) is 0 Å². The number of pyridine rings is 1. The van der Waals surface area contributed by atoms with Gasteiger partial charge in [0.05, 0.1) is 0 Å². The van der Waals surface area contributed by atoms with Gasteiger partial charge in [-0.05, 0) is 12.0 Å². The number of aryl methyl sites for hydroxylation is 1. The van der Waals surface area contributed by atoms with Gasteiger partial charge in [0.15, 0.2) is 0 Å². The lowest BCUT2D eigenvalue weighted by Gasteiger charge is -2.01. The molecule has 0 aliphatic rings. The van der Waals surface area contributed by atoms with Crippen LogP contribution in [0.2, 0.25) is 0 Å². The van der Waals surface area contributed by atoms with Gasteiger partial charge in [0, 0.05) is 17.9 Å². The first-order valence-electron chi connectivity index (χ1n) is 4.04. The number of nitrogens with zero attached hydrogens (tertiary/aromatic N) is 1. The molecule has 3 nitrogen and oxygen atoms in total. The van der Waals surface area contributed by atoms with Crippen molar-refractivity contribution in [3.8, 4) is 0 Å². The average Bonchev–Trinajstić information content (AvgIpc) is 2.05. The summed E-state index contributed by atoms with van der Waals surface area (Å²) in [6, 6.07) is 1.77. The summed E-state index contributed by atoms with van der Waals surface area (Å²) in [5.74, 6) is 0. The summed E-state index contributed by atoms with van der Waals surface area (Å²) in [5.41, 5.74) is 1.50. The summed E-state index contributed by atoms with van der Waals surface area (Å²) >= 11 is 0. The second-order valence-corrected chi connectivity index (χ2v) is 2.75. The SMILES string of the molecule is CCCc1cncc(B(O)O)c1. The van der Waals surface area contributed by atoms with E-state index in [2.05, 4.69) is 11.9 Å². The van der Waals surface area contributed by atoms with E-state index in [0.717, 1.165) is 18.4 Å². The third-order valence-electron chi connectivity index (χ3n) is 1.65. The van der Waals surface area contributed by atoms with E-state index in [0.29, 0.717) is 5.46 Å². The van der Waals surface area contributed by atoms with Crippen molar-refractivity contribution in [3.05, 3.63) is 24.0 Å². The zero-order valence-electron chi connectivity index (χ0n) is 7.07. The van der Waals surface area contributed by atoms with Crippen molar-refractivity contribution in [2.45, 2.75) is 19.8 Å². The van der Waals surface area contributed by atoms with E-state index in [1.807, 2.05) is 0 Å². The predicted molar refractivity (Wildman–Crippen MR) is 48.1 cm³/mol. The highest BCUT2D eigenvalue weighted by Crippen LogP contribution is 1.98. The Morgan fingerprint density at radius 3 is 2.75 bits per heavy atom. The minimum atomic E-state index is -1.41. The Labute approximate surface area is 72.2 Å². The fourth-order valence-corrected chi connectivity index (χ4v) is 1.07. The summed E-state index contributed by atoms with van der Waals surface area (Å²) in [6.45, 7) is 2.07. The number of hydrogen-bond donors (Lipinski definition) is 2. The summed E-state index contributed by atoms with van der Waals surface area (Å²) in [7, 11) is -1.41. The second-order valence-electron chi connectivity index (χ2n) is 2.75. The smallest absolute Gasteiger partial charge is 0.423 e. The van der Waals surface area contributed by atoms with Gasteiger partial charge in [-0.25, -0.2) is 0 Å². The molecule has 1 aromatic heterocycles. The molecular weight excluding hydrogens is 153 g/mol. The fraction of sp³-hybridized carbons (Fsp3) is 0.375. The van der Waals surface area contributed by atoms with E-state index in [9.17, 15) is 0 Å². The molecule has 0 bridgehead atoms. The van der Waals surface area contributed by atoms with Crippen LogP contribution in [0.3, 0.4) is 0 Å². The van der Waals surface area contributed by atoms with Crippen LogP contribution >= 0.6 is 0 Å². The maximum atomic E-state index is 8.83. The molecule has 0 spiro atoms. The minimum absolute atomic E-state index is 0.459. The first kappa shape index (κ1) is 9.22. The molecule has 2 N–H and O–H groups in total. The van der Waals surface area contributed by atoms with Crippen LogP contribution in [0.1, 0.15) is 18.9 Å². The van der Waals surface area contributed by atoms with Gasteiger partial charge in [0.2, 0.25) is 0 Å². The highest BCUT2D eigenvalue weighted by Gasteiger charge is 2.10. The highest BCUT2D eigenvalue weighted by molar-refractivity contribution is 6.58. The molecule has 0 aliphatic carbocycles. The number of aromatic nitrogens is 1. The van der Waals surface area contributed by atoms with Crippen LogP contribution in [0, 0.1) is 0 Å². The molecule has 64 valence electrons. The molecule has 4 heteroatoms. The zero-order chi connectivity index (χ0) is 8.97. The molecule has 0 unspecified atom stereocenters. The Balaban J connectivity index is 2.81. The van der Waals surface area contributed by atoms with E-state index >= 15 is 0 Å². The lowest BCUT2D eigenvalue weighted by atomic mass is 9.81. The third kappa shape index (κ3) is 2.32. The van der Waals surface area contributed by atoms with E-state index in [1.165, 1.54) is 6.20 Å². The van der Waals surface area contributed by atoms with Crippen molar-refractivity contribution in [2.24, 2.45) is 0 Å². The van der Waals surface area contributed by atoms with Gasteiger partial charge in [-0.3, -0.25) is 4.98 Å². The summed E-state index contributed by atoms with van der Waals surface area (Å²) in [5, 5.41) is 17.7. The topological polar surface area (TPSA) is 53.4 Å². The standard InChI is InChI=1S/C8H12BNO2/c1-2-3-7-4-8(9(11)12)6-10-5-7/h4-6,11-12H,2-3H2,1H3. The summed E-state index contributed by atoms with van der Waals surface area (Å²) < 4.78 is 0. The van der Waals surface area contributed by atoms with Gasteiger partial charge >= 0.3 is 7.12 Å². The normalized spacial score (nSPS) is 9.92. The van der Waals surface area contributed by atoms with Crippen LogP contribution in [0.25, 0.3) is 0 Å². The lowest BCUT2D eigenvalue weighted by Crippen LogP contribution is -2.30. The number of rotatable bonds is 3. The van der Waals surface area contributed by atoms with Crippen molar-refractivity contribution in [3.63, 3.8) is 0 Å². The fourth-order valence-electron chi connectivity index (χ4n) is 1.07. The highest BCUT2D eigenvalue weighted by atomic mass is 16.4. The van der Waals surface area contributed by atoms with Gasteiger partial charge in [-0.1, -0.05) is 19.4 Å². The largest absolute Gasteiger partial charge is 0.490 e. The monoisotopic (exact) mass is 165 g/mol. The van der Waals surface area contributed by atoms with Crippen LogP contribution in [-0.2, 0) is 6.42 Å². The molecule has 0 fully saturated rings. The predicted octanol–water partition coefficient (Wildman–Crippen LogP) is -0.286. The van der Waals surface area contributed by atoms with E-state index < -0.39 is 7.12 Å². The Bertz CT molecular complexity index is 253. The summed E-state index contributed by atoms with van der Waals surface area (Å²) in [6.07, 6.45) is 5.17. The molecule has 0 aliphatic heterocycles. The Morgan fingerprint density at radius 2 is 2.17 bits per heavy atom. The van der Waals surface area contributed by atoms with Crippen molar-refractivity contribution in [2.75, 3.05) is 0 Å². The average molecular weight is 165 g/mol. The van der Waals surface area contributed by atoms with Crippen molar-refractivity contribution in [1.29, 1.82) is 0 Å². The Hall–Kier alpha value is -0.865. The van der Waals surface area contributed by atoms with Gasteiger partial charge in [-0.2, -0.15) is 0 Å². The van der Waals surface area contributed by atoms with Gasteiger partial charge in [0.1, 0.15) is 0 Å². The van der Waals surface area contributed by atoms with E-state index in [4.69, 9.17) is 10.0 Å². The molecule has 0 aromatic carbocycles. The molecule has 0 radical (unpaired) electrons. The van der Waals surface area contributed by atoms with Crippen molar-refractivity contribution < 1.29 is 10.0 Å². The van der Waals surface area contributed by atoms with Crippen LogP contribution in [0.15, 0.2) is 18.5 Å².